The second kappa shape index (κ2) is 10.3. The third-order valence-electron chi connectivity index (χ3n) is 7.80. The molecule has 0 spiro atoms. The summed E-state index contributed by atoms with van der Waals surface area (Å²) in [5, 5.41) is 13.8. The summed E-state index contributed by atoms with van der Waals surface area (Å²) in [4.78, 5) is 12.3. The number of hydrogen-bond donors (Lipinski definition) is 3. The van der Waals surface area contributed by atoms with Gasteiger partial charge in [0.25, 0.3) is 0 Å². The summed E-state index contributed by atoms with van der Waals surface area (Å²) in [6, 6.07) is 1.49. The quantitative estimate of drug-likeness (QED) is 0.567. The van der Waals surface area contributed by atoms with E-state index in [1.807, 2.05) is 22.9 Å². The van der Waals surface area contributed by atoms with Crippen molar-refractivity contribution in [3.63, 3.8) is 0 Å². The zero-order valence-electron chi connectivity index (χ0n) is 20.6. The van der Waals surface area contributed by atoms with Gasteiger partial charge in [-0.2, -0.15) is 10.1 Å². The lowest BCUT2D eigenvalue weighted by Crippen LogP contribution is -2.46. The van der Waals surface area contributed by atoms with E-state index in [0.29, 0.717) is 30.6 Å². The SMILES string of the molecule is CN1NCc2nc(Nc3cnn(C4CCOCC4)c3)nc(NC3CCC(N4CCOCC4)CC3)c21. The van der Waals surface area contributed by atoms with E-state index in [-0.39, 0.29) is 0 Å². The van der Waals surface area contributed by atoms with E-state index >= 15 is 0 Å². The lowest BCUT2D eigenvalue weighted by molar-refractivity contribution is 0.00791. The lowest BCUT2D eigenvalue weighted by atomic mass is 9.90. The molecule has 5 heterocycles. The molecule has 0 radical (unpaired) electrons. The summed E-state index contributed by atoms with van der Waals surface area (Å²) in [6.45, 7) is 6.17. The zero-order valence-corrected chi connectivity index (χ0v) is 20.6. The van der Waals surface area contributed by atoms with E-state index in [1.54, 1.807) is 0 Å². The molecule has 3 aliphatic heterocycles. The number of anilines is 4. The maximum absolute atomic E-state index is 5.53. The Hall–Kier alpha value is -2.47. The number of nitrogens with zero attached hydrogens (tertiary/aromatic N) is 6. The summed E-state index contributed by atoms with van der Waals surface area (Å²) in [5.74, 6) is 1.51. The van der Waals surface area contributed by atoms with Crippen LogP contribution in [0.15, 0.2) is 12.4 Å². The van der Waals surface area contributed by atoms with Gasteiger partial charge in [-0.15, -0.1) is 0 Å². The Kier molecular flexibility index (Phi) is 6.73. The molecule has 2 aromatic rings. The highest BCUT2D eigenvalue weighted by Gasteiger charge is 2.30. The first kappa shape index (κ1) is 23.0. The van der Waals surface area contributed by atoms with E-state index in [0.717, 1.165) is 88.1 Å². The summed E-state index contributed by atoms with van der Waals surface area (Å²) < 4.78 is 13.1. The Labute approximate surface area is 206 Å². The third-order valence-corrected chi connectivity index (χ3v) is 7.80. The molecule has 11 heteroatoms. The van der Waals surface area contributed by atoms with Gasteiger partial charge in [0.05, 0.1) is 43.4 Å². The van der Waals surface area contributed by atoms with Crippen LogP contribution in [0.3, 0.4) is 0 Å². The van der Waals surface area contributed by atoms with Crippen LogP contribution >= 0.6 is 0 Å². The number of nitrogens with one attached hydrogen (secondary N) is 3. The number of aromatic nitrogens is 4. The minimum Gasteiger partial charge on any atom is -0.381 e. The molecule has 0 amide bonds. The normalized spacial score (nSPS) is 26.0. The summed E-state index contributed by atoms with van der Waals surface area (Å²) in [6.07, 6.45) is 10.6. The molecule has 0 atom stereocenters. The van der Waals surface area contributed by atoms with Crippen molar-refractivity contribution in [3.05, 3.63) is 18.1 Å². The number of ether oxygens (including phenoxy) is 2. The molecule has 35 heavy (non-hydrogen) atoms. The van der Waals surface area contributed by atoms with E-state index in [1.165, 1.54) is 12.8 Å². The topological polar surface area (TPSA) is 105 Å². The fraction of sp³-hybridized carbons (Fsp3) is 0.708. The van der Waals surface area contributed by atoms with Gasteiger partial charge in [-0.3, -0.25) is 9.58 Å². The minimum absolute atomic E-state index is 0.392. The highest BCUT2D eigenvalue weighted by Crippen LogP contribution is 2.34. The van der Waals surface area contributed by atoms with Crippen LogP contribution in [0.5, 0.6) is 0 Å². The molecule has 1 aliphatic carbocycles. The van der Waals surface area contributed by atoms with Crippen molar-refractivity contribution >= 4 is 23.1 Å². The molecule has 190 valence electrons. The minimum atomic E-state index is 0.392. The molecular weight excluding hydrogens is 446 g/mol. The van der Waals surface area contributed by atoms with Gasteiger partial charge in [-0.1, -0.05) is 0 Å². The van der Waals surface area contributed by atoms with Crippen LogP contribution in [0.4, 0.5) is 23.1 Å². The smallest absolute Gasteiger partial charge is 0.229 e. The largest absolute Gasteiger partial charge is 0.381 e. The first-order valence-corrected chi connectivity index (χ1v) is 13.1. The van der Waals surface area contributed by atoms with Crippen molar-refractivity contribution in [1.29, 1.82) is 0 Å². The van der Waals surface area contributed by atoms with Crippen molar-refractivity contribution < 1.29 is 9.47 Å². The number of hydrazine groups is 1. The number of rotatable bonds is 6. The zero-order chi connectivity index (χ0) is 23.6. The molecule has 3 fully saturated rings. The molecule has 1 saturated carbocycles. The molecular formula is C24H37N9O2. The first-order chi connectivity index (χ1) is 17.2. The van der Waals surface area contributed by atoms with Gasteiger partial charge >= 0.3 is 0 Å². The van der Waals surface area contributed by atoms with Gasteiger partial charge in [0.1, 0.15) is 5.69 Å². The summed E-state index contributed by atoms with van der Waals surface area (Å²) >= 11 is 0. The third kappa shape index (κ3) is 5.09. The average Bonchev–Trinajstić information content (AvgIpc) is 3.52. The van der Waals surface area contributed by atoms with Crippen LogP contribution in [0.2, 0.25) is 0 Å². The summed E-state index contributed by atoms with van der Waals surface area (Å²) in [5.41, 5.74) is 6.33. The van der Waals surface area contributed by atoms with Gasteiger partial charge in [-0.05, 0) is 38.5 Å². The molecule has 6 rings (SSSR count). The molecule has 11 nitrogen and oxygen atoms in total. The maximum atomic E-state index is 5.53. The van der Waals surface area contributed by atoms with Crippen LogP contribution in [-0.2, 0) is 16.0 Å². The molecule has 4 aliphatic rings. The Bertz CT molecular complexity index is 995. The van der Waals surface area contributed by atoms with Crippen LogP contribution < -0.4 is 21.1 Å². The van der Waals surface area contributed by atoms with E-state index < -0.39 is 0 Å². The van der Waals surface area contributed by atoms with Crippen LogP contribution in [0.25, 0.3) is 0 Å². The van der Waals surface area contributed by atoms with Crippen molar-refractivity contribution in [2.24, 2.45) is 0 Å². The van der Waals surface area contributed by atoms with Gasteiger partial charge in [0.2, 0.25) is 5.95 Å². The second-order valence-corrected chi connectivity index (χ2v) is 10.1. The Balaban J connectivity index is 1.14. The van der Waals surface area contributed by atoms with Crippen molar-refractivity contribution in [2.75, 3.05) is 62.2 Å². The van der Waals surface area contributed by atoms with Crippen molar-refractivity contribution in [2.45, 2.75) is 63.2 Å². The first-order valence-electron chi connectivity index (χ1n) is 13.1. The van der Waals surface area contributed by atoms with E-state index in [9.17, 15) is 0 Å². The van der Waals surface area contributed by atoms with E-state index in [4.69, 9.17) is 19.4 Å². The van der Waals surface area contributed by atoms with Crippen LogP contribution in [-0.4, -0.2) is 83.3 Å². The van der Waals surface area contributed by atoms with Crippen molar-refractivity contribution in [1.82, 2.24) is 30.1 Å². The molecule has 0 unspecified atom stereocenters. The van der Waals surface area contributed by atoms with Crippen LogP contribution in [0.1, 0.15) is 50.3 Å². The number of hydrogen-bond acceptors (Lipinski definition) is 10. The monoisotopic (exact) mass is 483 g/mol. The Morgan fingerprint density at radius 2 is 1.71 bits per heavy atom. The Morgan fingerprint density at radius 1 is 0.943 bits per heavy atom. The summed E-state index contributed by atoms with van der Waals surface area (Å²) in [7, 11) is 2.03. The number of morpholine rings is 1. The van der Waals surface area contributed by atoms with Gasteiger partial charge in [-0.25, -0.2) is 10.4 Å². The fourth-order valence-electron chi connectivity index (χ4n) is 5.81. The molecule has 3 N–H and O–H groups in total. The highest BCUT2D eigenvalue weighted by molar-refractivity contribution is 5.72. The standard InChI is InChI=1S/C24H37N9O2/c1-31-22-21(15-25-31)29-24(28-18-14-26-33(16-18)20-6-10-34-11-7-20)30-23(22)27-17-2-4-19(5-3-17)32-8-12-35-13-9-32/h14,16-17,19-20,25H,2-13,15H2,1H3,(H2,27,28,29,30). The fourth-order valence-corrected chi connectivity index (χ4v) is 5.81. The van der Waals surface area contributed by atoms with Gasteiger partial charge in [0.15, 0.2) is 5.82 Å². The number of fused-ring (bicyclic) bond motifs is 1. The molecule has 2 saturated heterocycles. The average molecular weight is 484 g/mol. The Morgan fingerprint density at radius 3 is 2.51 bits per heavy atom. The van der Waals surface area contributed by atoms with Crippen LogP contribution in [0, 0.1) is 0 Å². The predicted octanol–water partition coefficient (Wildman–Crippen LogP) is 2.28. The van der Waals surface area contributed by atoms with Crippen molar-refractivity contribution in [3.8, 4) is 0 Å². The lowest BCUT2D eigenvalue weighted by Gasteiger charge is -2.39. The predicted molar refractivity (Wildman–Crippen MR) is 134 cm³/mol. The molecule has 0 bridgehead atoms. The van der Waals surface area contributed by atoms with Gasteiger partial charge < -0.3 is 25.1 Å². The molecule has 2 aromatic heterocycles. The molecule has 0 aromatic carbocycles. The highest BCUT2D eigenvalue weighted by atomic mass is 16.5. The second-order valence-electron chi connectivity index (χ2n) is 10.1. The van der Waals surface area contributed by atoms with E-state index in [2.05, 4.69) is 32.3 Å². The van der Waals surface area contributed by atoms with Gasteiger partial charge in [0, 0.05) is 51.6 Å². The maximum Gasteiger partial charge on any atom is 0.229 e.